The van der Waals surface area contributed by atoms with Gasteiger partial charge in [0.1, 0.15) is 16.5 Å². The Morgan fingerprint density at radius 2 is 1.82 bits per heavy atom. The summed E-state index contributed by atoms with van der Waals surface area (Å²) in [5.74, 6) is 1.11. The monoisotopic (exact) mass is 467 g/mol. The molecule has 1 saturated heterocycles. The molecular formula is C25H29N3O4S. The van der Waals surface area contributed by atoms with Crippen LogP contribution in [0.15, 0.2) is 58.5 Å². The number of nitrogens with zero attached hydrogens (tertiary/aromatic N) is 2. The van der Waals surface area contributed by atoms with Crippen LogP contribution in [-0.4, -0.2) is 45.3 Å². The van der Waals surface area contributed by atoms with Crippen LogP contribution in [0.4, 0.5) is 0 Å². The quantitative estimate of drug-likeness (QED) is 0.727. The highest BCUT2D eigenvalue weighted by atomic mass is 32.2. The highest BCUT2D eigenvalue weighted by Crippen LogP contribution is 2.35. The molecule has 33 heavy (non-hydrogen) atoms. The zero-order valence-corrected chi connectivity index (χ0v) is 20.0. The average molecular weight is 468 g/mol. The van der Waals surface area contributed by atoms with E-state index >= 15 is 0 Å². The predicted octanol–water partition coefficient (Wildman–Crippen LogP) is 3.50. The Hall–Kier alpha value is -3.13. The molecule has 1 fully saturated rings. The van der Waals surface area contributed by atoms with Crippen molar-refractivity contribution in [3.8, 4) is 5.75 Å². The second kappa shape index (κ2) is 9.39. The lowest BCUT2D eigenvalue weighted by molar-refractivity contribution is -0.126. The zero-order chi connectivity index (χ0) is 23.6. The molecule has 0 bridgehead atoms. The number of piperidine rings is 1. The van der Waals surface area contributed by atoms with Crippen molar-refractivity contribution in [2.24, 2.45) is 10.3 Å². The third-order valence-electron chi connectivity index (χ3n) is 6.21. The Bertz CT molecular complexity index is 1210. The standard InChI is InChI=1S/C25H29N3O4S/c1-17-5-4-6-19(15-17)16-26-25(29)21-11-13-28(14-12-21)24-18(2)23(33(30,31)27-24)20-7-9-22(32-3)10-8-20/h4-10,15,21H,11-14,16H2,1-3H3,(H,26,29). The van der Waals surface area contributed by atoms with Gasteiger partial charge in [-0.15, -0.1) is 4.40 Å². The van der Waals surface area contributed by atoms with Crippen molar-refractivity contribution in [1.82, 2.24) is 10.2 Å². The molecule has 0 saturated carbocycles. The van der Waals surface area contributed by atoms with Crippen LogP contribution in [-0.2, 0) is 21.4 Å². The minimum Gasteiger partial charge on any atom is -0.497 e. The lowest BCUT2D eigenvalue weighted by Crippen LogP contribution is -2.43. The number of likely N-dealkylation sites (tertiary alicyclic amines) is 1. The fourth-order valence-corrected chi connectivity index (χ4v) is 5.92. The first-order valence-corrected chi connectivity index (χ1v) is 12.5. The molecule has 2 aromatic rings. The van der Waals surface area contributed by atoms with Crippen LogP contribution in [0.5, 0.6) is 5.75 Å². The van der Waals surface area contributed by atoms with Crippen molar-refractivity contribution in [3.05, 3.63) is 70.8 Å². The van der Waals surface area contributed by atoms with Gasteiger partial charge in [-0.3, -0.25) is 4.79 Å². The summed E-state index contributed by atoms with van der Waals surface area (Å²) < 4.78 is 34.9. The molecule has 0 unspecified atom stereocenters. The Kier molecular flexibility index (Phi) is 6.56. The number of carbonyl (C=O) groups excluding carboxylic acids is 1. The van der Waals surface area contributed by atoms with Crippen LogP contribution in [0, 0.1) is 12.8 Å². The van der Waals surface area contributed by atoms with E-state index in [0.29, 0.717) is 55.2 Å². The van der Waals surface area contributed by atoms with Crippen LogP contribution in [0.25, 0.3) is 4.91 Å². The van der Waals surface area contributed by atoms with Gasteiger partial charge in [-0.1, -0.05) is 29.8 Å². The summed E-state index contributed by atoms with van der Waals surface area (Å²) in [4.78, 5) is 14.9. The van der Waals surface area contributed by atoms with E-state index in [2.05, 4.69) is 15.8 Å². The molecule has 0 radical (unpaired) electrons. The van der Waals surface area contributed by atoms with Crippen molar-refractivity contribution < 1.29 is 17.9 Å². The van der Waals surface area contributed by atoms with Gasteiger partial charge in [0.25, 0.3) is 10.0 Å². The summed E-state index contributed by atoms with van der Waals surface area (Å²) >= 11 is 0. The number of amidine groups is 1. The third kappa shape index (κ3) is 4.95. The predicted molar refractivity (Wildman–Crippen MR) is 129 cm³/mol. The molecule has 7 nitrogen and oxygen atoms in total. The third-order valence-corrected chi connectivity index (χ3v) is 7.68. The van der Waals surface area contributed by atoms with Crippen molar-refractivity contribution in [2.45, 2.75) is 33.2 Å². The average Bonchev–Trinajstić information content (AvgIpc) is 3.06. The Balaban J connectivity index is 1.40. The van der Waals surface area contributed by atoms with Gasteiger partial charge in [0.2, 0.25) is 5.91 Å². The number of sulfonamides is 1. The van der Waals surface area contributed by atoms with Crippen LogP contribution >= 0.6 is 0 Å². The van der Waals surface area contributed by atoms with E-state index in [0.717, 1.165) is 5.56 Å². The molecule has 2 aromatic carbocycles. The van der Waals surface area contributed by atoms with Gasteiger partial charge in [0.15, 0.2) is 0 Å². The van der Waals surface area contributed by atoms with Crippen LogP contribution in [0.1, 0.15) is 36.5 Å². The molecular weight excluding hydrogens is 438 g/mol. The van der Waals surface area contributed by atoms with Crippen molar-refractivity contribution in [1.29, 1.82) is 0 Å². The SMILES string of the molecule is COc1ccc(C2=C(C)C(N3CCC(C(=O)NCc4cccc(C)c4)CC3)=NS2(=O)=O)cc1. The number of amides is 1. The second-order valence-corrected chi connectivity index (χ2v) is 10.1. The maximum absolute atomic E-state index is 12.8. The number of ether oxygens (including phenoxy) is 1. The van der Waals surface area contributed by atoms with Crippen LogP contribution in [0.2, 0.25) is 0 Å². The fraction of sp³-hybridized carbons (Fsp3) is 0.360. The van der Waals surface area contributed by atoms with E-state index in [4.69, 9.17) is 4.74 Å². The minimum atomic E-state index is -3.77. The number of hydrogen-bond donors (Lipinski definition) is 1. The molecule has 0 spiro atoms. The maximum Gasteiger partial charge on any atom is 0.285 e. The highest BCUT2D eigenvalue weighted by molar-refractivity contribution is 8.00. The first-order chi connectivity index (χ1) is 15.8. The summed E-state index contributed by atoms with van der Waals surface area (Å²) in [6.07, 6.45) is 1.31. The molecule has 0 atom stereocenters. The van der Waals surface area contributed by atoms with Gasteiger partial charge in [0.05, 0.1) is 7.11 Å². The molecule has 2 heterocycles. The van der Waals surface area contributed by atoms with E-state index < -0.39 is 10.0 Å². The molecule has 1 N–H and O–H groups in total. The largest absolute Gasteiger partial charge is 0.497 e. The number of nitrogens with one attached hydrogen (secondary N) is 1. The van der Waals surface area contributed by atoms with E-state index in [1.165, 1.54) is 5.56 Å². The van der Waals surface area contributed by atoms with E-state index in [-0.39, 0.29) is 16.7 Å². The van der Waals surface area contributed by atoms with E-state index in [1.54, 1.807) is 38.3 Å². The first-order valence-electron chi connectivity index (χ1n) is 11.1. The second-order valence-electron chi connectivity index (χ2n) is 8.54. The summed E-state index contributed by atoms with van der Waals surface area (Å²) in [7, 11) is -2.21. The summed E-state index contributed by atoms with van der Waals surface area (Å²) in [6.45, 7) is 5.51. The number of benzene rings is 2. The van der Waals surface area contributed by atoms with Crippen molar-refractivity contribution >= 4 is 26.7 Å². The number of rotatable bonds is 5. The number of aryl methyl sites for hydroxylation is 1. The Labute approximate surface area is 195 Å². The molecule has 8 heteroatoms. The highest BCUT2D eigenvalue weighted by Gasteiger charge is 2.35. The molecule has 2 aliphatic rings. The number of hydrogen-bond acceptors (Lipinski definition) is 5. The van der Waals surface area contributed by atoms with Gasteiger partial charge in [-0.2, -0.15) is 8.42 Å². The molecule has 0 aromatic heterocycles. The number of carbonyl (C=O) groups is 1. The first kappa shape index (κ1) is 23.0. The van der Waals surface area contributed by atoms with Crippen LogP contribution < -0.4 is 10.1 Å². The topological polar surface area (TPSA) is 88.1 Å². The van der Waals surface area contributed by atoms with Gasteiger partial charge < -0.3 is 15.0 Å². The van der Waals surface area contributed by atoms with Gasteiger partial charge in [-0.05, 0) is 62.1 Å². The number of methoxy groups -OCH3 is 1. The lowest BCUT2D eigenvalue weighted by atomic mass is 9.95. The smallest absolute Gasteiger partial charge is 0.285 e. The normalized spacial score (nSPS) is 18.3. The van der Waals surface area contributed by atoms with Crippen LogP contribution in [0.3, 0.4) is 0 Å². The molecule has 174 valence electrons. The maximum atomic E-state index is 12.8. The van der Waals surface area contributed by atoms with Gasteiger partial charge >= 0.3 is 0 Å². The summed E-state index contributed by atoms with van der Waals surface area (Å²) in [6, 6.07) is 15.0. The van der Waals surface area contributed by atoms with E-state index in [1.807, 2.05) is 30.0 Å². The molecule has 0 aliphatic carbocycles. The van der Waals surface area contributed by atoms with Gasteiger partial charge in [0, 0.05) is 31.1 Å². The van der Waals surface area contributed by atoms with Crippen molar-refractivity contribution in [3.63, 3.8) is 0 Å². The molecule has 1 amide bonds. The zero-order valence-electron chi connectivity index (χ0n) is 19.2. The summed E-state index contributed by atoms with van der Waals surface area (Å²) in [5, 5.41) is 3.04. The Morgan fingerprint density at radius 3 is 2.45 bits per heavy atom. The molecule has 2 aliphatic heterocycles. The molecule has 4 rings (SSSR count). The summed E-state index contributed by atoms with van der Waals surface area (Å²) in [5.41, 5.74) is 3.48. The van der Waals surface area contributed by atoms with E-state index in [9.17, 15) is 13.2 Å². The van der Waals surface area contributed by atoms with Crippen molar-refractivity contribution in [2.75, 3.05) is 20.2 Å². The lowest BCUT2D eigenvalue weighted by Gasteiger charge is -2.32. The fourth-order valence-electron chi connectivity index (χ4n) is 4.43. The minimum absolute atomic E-state index is 0.0447. The Morgan fingerprint density at radius 1 is 1.12 bits per heavy atom. The van der Waals surface area contributed by atoms with Gasteiger partial charge in [-0.25, -0.2) is 0 Å².